The lowest BCUT2D eigenvalue weighted by molar-refractivity contribution is -0.144. The van der Waals surface area contributed by atoms with Crippen LogP contribution in [0.3, 0.4) is 0 Å². The van der Waals surface area contributed by atoms with E-state index in [1.165, 1.54) is 14.2 Å². The molecular weight excluding hydrogens is 324 g/mol. The second-order valence-electron chi connectivity index (χ2n) is 5.74. The lowest BCUT2D eigenvalue weighted by Gasteiger charge is -2.44. The van der Waals surface area contributed by atoms with Gasteiger partial charge in [0.25, 0.3) is 0 Å². The summed E-state index contributed by atoms with van der Waals surface area (Å²) in [6, 6.07) is 6.22. The highest BCUT2D eigenvalue weighted by Crippen LogP contribution is 2.43. The quantitative estimate of drug-likeness (QED) is 0.352. The molecule has 0 aromatic heterocycles. The van der Waals surface area contributed by atoms with Crippen LogP contribution in [0, 0.1) is 22.8 Å². The van der Waals surface area contributed by atoms with Gasteiger partial charge in [-0.2, -0.15) is 10.5 Å². The van der Waals surface area contributed by atoms with E-state index in [2.05, 4.69) is 16.4 Å². The molecule has 1 heterocycles. The van der Waals surface area contributed by atoms with Crippen molar-refractivity contribution in [3.05, 3.63) is 29.3 Å². The molecule has 0 saturated carbocycles. The summed E-state index contributed by atoms with van der Waals surface area (Å²) >= 11 is 0. The van der Waals surface area contributed by atoms with E-state index in [0.29, 0.717) is 22.7 Å². The van der Waals surface area contributed by atoms with Crippen molar-refractivity contribution in [3.63, 3.8) is 0 Å². The lowest BCUT2D eigenvalue weighted by Crippen LogP contribution is -2.59. The summed E-state index contributed by atoms with van der Waals surface area (Å²) in [5.74, 6) is 0.822. The number of methoxy groups -OCH3 is 2. The van der Waals surface area contributed by atoms with Gasteiger partial charge in [-0.25, -0.2) is 0 Å². The van der Waals surface area contributed by atoms with E-state index in [-0.39, 0.29) is 13.2 Å². The molecule has 8 nitrogen and oxygen atoms in total. The number of nitrogens with one attached hydrogen (secondary N) is 1. The third-order valence-corrected chi connectivity index (χ3v) is 3.96. The maximum atomic E-state index is 11.0. The van der Waals surface area contributed by atoms with E-state index in [1.54, 1.807) is 31.3 Å². The fourth-order valence-corrected chi connectivity index (χ4v) is 2.90. The van der Waals surface area contributed by atoms with Crippen LogP contribution in [0.1, 0.15) is 24.1 Å². The second-order valence-corrected chi connectivity index (χ2v) is 5.74. The van der Waals surface area contributed by atoms with E-state index in [4.69, 9.17) is 24.7 Å². The molecular formula is C17H20N4O4. The zero-order chi connectivity index (χ0) is 18.4. The number of rotatable bonds is 5. The molecule has 0 spiro atoms. The van der Waals surface area contributed by atoms with Gasteiger partial charge in [0.1, 0.15) is 23.7 Å². The van der Waals surface area contributed by atoms with Crippen LogP contribution < -0.4 is 10.1 Å². The number of ether oxygens (including phenoxy) is 3. The molecule has 0 radical (unpaired) electrons. The van der Waals surface area contributed by atoms with Crippen LogP contribution >= 0.6 is 0 Å². The van der Waals surface area contributed by atoms with Gasteiger partial charge in [0.15, 0.2) is 11.8 Å². The Labute approximate surface area is 146 Å². The summed E-state index contributed by atoms with van der Waals surface area (Å²) in [7, 11) is 3.01. The average Bonchev–Trinajstić information content (AvgIpc) is 2.59. The maximum absolute atomic E-state index is 11.0. The minimum atomic E-state index is -1.16. The lowest BCUT2D eigenvalue weighted by atomic mass is 9.84. The molecule has 2 rings (SSSR count). The molecule has 1 aromatic carbocycles. The van der Waals surface area contributed by atoms with Crippen LogP contribution in [0.4, 0.5) is 0 Å². The van der Waals surface area contributed by atoms with Crippen LogP contribution in [0.25, 0.3) is 0 Å². The van der Waals surface area contributed by atoms with Gasteiger partial charge in [-0.15, -0.1) is 0 Å². The van der Waals surface area contributed by atoms with Crippen molar-refractivity contribution < 1.29 is 19.3 Å². The largest absolute Gasteiger partial charge is 0.479 e. The molecule has 1 aliphatic heterocycles. The van der Waals surface area contributed by atoms with Crippen LogP contribution in [-0.2, 0) is 9.47 Å². The molecule has 0 fully saturated rings. The minimum Gasteiger partial charge on any atom is -0.479 e. The molecule has 1 aromatic rings. The Hall–Kier alpha value is -2.65. The first-order valence-electron chi connectivity index (χ1n) is 7.60. The number of aliphatic imine (C=N–C) groups is 1. The summed E-state index contributed by atoms with van der Waals surface area (Å²) in [6.45, 7) is 1.78. The average molecular weight is 344 g/mol. The molecule has 1 aliphatic rings. The van der Waals surface area contributed by atoms with Crippen molar-refractivity contribution in [1.82, 2.24) is 5.32 Å². The van der Waals surface area contributed by atoms with Crippen molar-refractivity contribution in [3.8, 4) is 18.0 Å². The molecule has 0 bridgehead atoms. The van der Waals surface area contributed by atoms with E-state index < -0.39 is 17.7 Å². The first-order chi connectivity index (χ1) is 12.0. The Kier molecular flexibility index (Phi) is 5.94. The third-order valence-electron chi connectivity index (χ3n) is 3.96. The standard InChI is InChI=1S/C17H20N4O4/c1-11(20-10-19)21-15-13-6-12(7-18)4-5-14(13)25-17(8-23-2,9-24-3)16(15)22/h4-6,15-16,22H,8-9H2,1-3H3,(H,20,21)/t15-,16+/m1/s1. The smallest absolute Gasteiger partial charge is 0.183 e. The number of fused-ring (bicyclic) bond motifs is 1. The number of amidine groups is 1. The van der Waals surface area contributed by atoms with Crippen molar-refractivity contribution in [2.24, 2.45) is 4.99 Å². The normalized spacial score (nSPS) is 21.4. The van der Waals surface area contributed by atoms with Gasteiger partial charge >= 0.3 is 0 Å². The van der Waals surface area contributed by atoms with Gasteiger partial charge in [-0.3, -0.25) is 10.3 Å². The molecule has 2 N–H and O–H groups in total. The molecule has 0 saturated heterocycles. The molecule has 2 atom stereocenters. The van der Waals surface area contributed by atoms with Crippen molar-refractivity contribution in [2.45, 2.75) is 24.7 Å². The summed E-state index contributed by atoms with van der Waals surface area (Å²) in [5, 5.41) is 31.3. The number of benzene rings is 1. The number of hydrogen-bond acceptors (Lipinski definition) is 7. The molecule has 8 heteroatoms. The fraction of sp³-hybridized carbons (Fsp3) is 0.471. The van der Waals surface area contributed by atoms with Gasteiger partial charge in [-0.05, 0) is 25.1 Å². The highest BCUT2D eigenvalue weighted by Gasteiger charge is 2.50. The van der Waals surface area contributed by atoms with Crippen LogP contribution in [0.15, 0.2) is 23.2 Å². The third kappa shape index (κ3) is 3.72. The minimum absolute atomic E-state index is 0.0815. The van der Waals surface area contributed by atoms with Crippen LogP contribution in [0.5, 0.6) is 5.75 Å². The Morgan fingerprint density at radius 1 is 1.36 bits per heavy atom. The summed E-state index contributed by atoms with van der Waals surface area (Å²) < 4.78 is 16.5. The Balaban J connectivity index is 2.59. The number of nitriles is 2. The van der Waals surface area contributed by atoms with E-state index >= 15 is 0 Å². The van der Waals surface area contributed by atoms with Crippen molar-refractivity contribution in [2.75, 3.05) is 27.4 Å². The summed E-state index contributed by atoms with van der Waals surface area (Å²) in [6.07, 6.45) is 0.687. The van der Waals surface area contributed by atoms with E-state index in [9.17, 15) is 5.11 Å². The molecule has 25 heavy (non-hydrogen) atoms. The van der Waals surface area contributed by atoms with Gasteiger partial charge in [0.05, 0.1) is 24.8 Å². The van der Waals surface area contributed by atoms with E-state index in [0.717, 1.165) is 0 Å². The topological polar surface area (TPSA) is 120 Å². The Morgan fingerprint density at radius 2 is 2.04 bits per heavy atom. The number of aliphatic hydroxyl groups is 1. The maximum Gasteiger partial charge on any atom is 0.183 e. The monoisotopic (exact) mass is 344 g/mol. The first kappa shape index (κ1) is 18.7. The molecule has 0 unspecified atom stereocenters. The summed E-state index contributed by atoms with van der Waals surface area (Å²) in [4.78, 5) is 4.42. The zero-order valence-corrected chi connectivity index (χ0v) is 14.3. The van der Waals surface area contributed by atoms with Crippen LogP contribution in [-0.4, -0.2) is 50.1 Å². The number of hydrogen-bond donors (Lipinski definition) is 2. The van der Waals surface area contributed by atoms with Gasteiger partial charge < -0.3 is 19.3 Å². The SMILES string of the molecule is COCC1(COC)Oc2ccc(C#N)cc2[C@@H](N=C(C)NC#N)[C@@H]1O. The van der Waals surface area contributed by atoms with Gasteiger partial charge in [0.2, 0.25) is 0 Å². The molecule has 0 amide bonds. The van der Waals surface area contributed by atoms with E-state index in [1.807, 2.05) is 0 Å². The predicted octanol–water partition coefficient (Wildman–Crippen LogP) is 0.873. The first-order valence-corrected chi connectivity index (χ1v) is 7.60. The van der Waals surface area contributed by atoms with Crippen LogP contribution in [0.2, 0.25) is 0 Å². The second kappa shape index (κ2) is 7.95. The fourth-order valence-electron chi connectivity index (χ4n) is 2.90. The predicted molar refractivity (Wildman–Crippen MR) is 88.9 cm³/mol. The number of aliphatic hydroxyl groups excluding tert-OH is 1. The number of nitrogens with zero attached hydrogens (tertiary/aromatic N) is 3. The van der Waals surface area contributed by atoms with Gasteiger partial charge in [-0.1, -0.05) is 0 Å². The van der Waals surface area contributed by atoms with Crippen molar-refractivity contribution >= 4 is 5.84 Å². The van der Waals surface area contributed by atoms with Gasteiger partial charge in [0, 0.05) is 19.8 Å². The highest BCUT2D eigenvalue weighted by molar-refractivity contribution is 5.81. The molecule has 0 aliphatic carbocycles. The zero-order valence-electron chi connectivity index (χ0n) is 14.3. The highest BCUT2D eigenvalue weighted by atomic mass is 16.6. The summed E-state index contributed by atoms with van der Waals surface area (Å²) in [5.41, 5.74) is -0.175. The molecule has 132 valence electrons. The Morgan fingerprint density at radius 3 is 2.60 bits per heavy atom. The van der Waals surface area contributed by atoms with Crippen molar-refractivity contribution in [1.29, 1.82) is 10.5 Å². The Bertz CT molecular complexity index is 729.